The van der Waals surface area contributed by atoms with Gasteiger partial charge in [-0.3, -0.25) is 4.79 Å². The number of hydrogen-bond acceptors (Lipinski definition) is 7. The summed E-state index contributed by atoms with van der Waals surface area (Å²) in [7, 11) is 4.61. The van der Waals surface area contributed by atoms with E-state index in [2.05, 4.69) is 0 Å². The van der Waals surface area contributed by atoms with E-state index in [1.807, 2.05) is 0 Å². The summed E-state index contributed by atoms with van der Waals surface area (Å²) in [5, 5.41) is 0.944. The topological polar surface area (TPSA) is 74.0 Å². The fraction of sp³-hybridized carbons (Fsp3) is 0.231. The van der Waals surface area contributed by atoms with Crippen molar-refractivity contribution in [3.8, 4) is 17.2 Å². The fourth-order valence-electron chi connectivity index (χ4n) is 1.79. The van der Waals surface area contributed by atoms with Gasteiger partial charge in [0.25, 0.3) is 5.91 Å². The van der Waals surface area contributed by atoms with Crippen LogP contribution in [0.2, 0.25) is 0 Å². The van der Waals surface area contributed by atoms with Crippen LogP contribution in [0, 0.1) is 0 Å². The molecule has 1 aliphatic rings. The first kappa shape index (κ1) is 15.6. The summed E-state index contributed by atoms with van der Waals surface area (Å²) in [6, 6.07) is 3.41. The van der Waals surface area contributed by atoms with Crippen molar-refractivity contribution in [2.24, 2.45) is 5.84 Å². The Bertz CT molecular complexity index is 631. The van der Waals surface area contributed by atoms with Crippen molar-refractivity contribution >= 4 is 40.3 Å². The minimum Gasteiger partial charge on any atom is -0.496 e. The number of carbonyl (C=O) groups is 1. The van der Waals surface area contributed by atoms with Gasteiger partial charge in [-0.05, 0) is 12.1 Å². The first-order chi connectivity index (χ1) is 10.0. The van der Waals surface area contributed by atoms with Crippen LogP contribution in [0.25, 0.3) is 6.08 Å². The summed E-state index contributed by atoms with van der Waals surface area (Å²) in [4.78, 5) is 12.3. The molecule has 0 atom stereocenters. The van der Waals surface area contributed by atoms with Gasteiger partial charge in [-0.1, -0.05) is 24.0 Å². The maximum atomic E-state index is 11.9. The molecule has 0 bridgehead atoms. The Hall–Kier alpha value is -1.77. The first-order valence-corrected chi connectivity index (χ1v) is 7.07. The molecule has 1 aliphatic heterocycles. The molecule has 0 unspecified atom stereocenters. The molecule has 8 heteroatoms. The number of nitrogens with two attached hydrogens (primary N) is 1. The number of thiocarbonyl (C=S) groups is 1. The normalized spacial score (nSPS) is 16.6. The van der Waals surface area contributed by atoms with Crippen molar-refractivity contribution in [1.29, 1.82) is 0 Å². The zero-order chi connectivity index (χ0) is 15.6. The molecule has 112 valence electrons. The number of carbonyl (C=O) groups excluding carboxylic acids is 1. The number of ether oxygens (including phenoxy) is 3. The van der Waals surface area contributed by atoms with Gasteiger partial charge < -0.3 is 14.2 Å². The third kappa shape index (κ3) is 2.97. The third-order valence-corrected chi connectivity index (χ3v) is 4.18. The number of nitrogens with zero attached hydrogens (tertiary/aromatic N) is 1. The number of hydrazine groups is 1. The molecule has 0 aliphatic carbocycles. The molecule has 0 spiro atoms. The molecule has 1 amide bonds. The van der Waals surface area contributed by atoms with Gasteiger partial charge in [-0.2, -0.15) is 0 Å². The smallest absolute Gasteiger partial charge is 0.280 e. The number of rotatable bonds is 4. The summed E-state index contributed by atoms with van der Waals surface area (Å²) >= 11 is 6.12. The van der Waals surface area contributed by atoms with Gasteiger partial charge >= 0.3 is 0 Å². The highest BCUT2D eigenvalue weighted by Crippen LogP contribution is 2.38. The number of amides is 1. The predicted octanol–water partition coefficient (Wildman–Crippen LogP) is 1.79. The van der Waals surface area contributed by atoms with E-state index in [0.717, 1.165) is 16.8 Å². The van der Waals surface area contributed by atoms with Crippen molar-refractivity contribution in [3.63, 3.8) is 0 Å². The monoisotopic (exact) mass is 326 g/mol. The van der Waals surface area contributed by atoms with Crippen LogP contribution in [-0.2, 0) is 4.79 Å². The average molecular weight is 326 g/mol. The van der Waals surface area contributed by atoms with E-state index in [0.29, 0.717) is 32.0 Å². The van der Waals surface area contributed by atoms with Crippen LogP contribution in [0.15, 0.2) is 17.0 Å². The lowest BCUT2D eigenvalue weighted by Gasteiger charge is -2.12. The SMILES string of the molecule is COc1cc(OC)c(OC)cc1/C=C1/SC(=S)N(N)C1=O. The second-order valence-corrected chi connectivity index (χ2v) is 5.68. The summed E-state index contributed by atoms with van der Waals surface area (Å²) in [6.45, 7) is 0. The lowest BCUT2D eigenvalue weighted by molar-refractivity contribution is -0.122. The number of benzene rings is 1. The quantitative estimate of drug-likeness (QED) is 0.391. The highest BCUT2D eigenvalue weighted by molar-refractivity contribution is 8.26. The van der Waals surface area contributed by atoms with Crippen molar-refractivity contribution < 1.29 is 19.0 Å². The van der Waals surface area contributed by atoms with Gasteiger partial charge in [-0.25, -0.2) is 10.9 Å². The maximum absolute atomic E-state index is 11.9. The van der Waals surface area contributed by atoms with Crippen LogP contribution in [0.5, 0.6) is 17.2 Å². The third-order valence-electron chi connectivity index (χ3n) is 2.85. The van der Waals surface area contributed by atoms with Crippen molar-refractivity contribution in [1.82, 2.24) is 5.01 Å². The van der Waals surface area contributed by atoms with Crippen molar-refractivity contribution in [2.75, 3.05) is 21.3 Å². The fourth-order valence-corrected chi connectivity index (χ4v) is 2.88. The Kier molecular flexibility index (Phi) is 4.71. The van der Waals surface area contributed by atoms with Gasteiger partial charge in [0.2, 0.25) is 0 Å². The first-order valence-electron chi connectivity index (χ1n) is 5.84. The van der Waals surface area contributed by atoms with Crippen LogP contribution >= 0.6 is 24.0 Å². The summed E-state index contributed by atoms with van der Waals surface area (Å²) in [5.41, 5.74) is 0.670. The average Bonchev–Trinajstić information content (AvgIpc) is 2.74. The molecule has 1 saturated heterocycles. The molecule has 0 aromatic heterocycles. The Balaban J connectivity index is 2.49. The van der Waals surface area contributed by atoms with Crippen LogP contribution in [-0.4, -0.2) is 36.6 Å². The minimum absolute atomic E-state index is 0.311. The molecule has 2 N–H and O–H groups in total. The van der Waals surface area contributed by atoms with Gasteiger partial charge in [-0.15, -0.1) is 0 Å². The molecule has 1 heterocycles. The molecule has 21 heavy (non-hydrogen) atoms. The lowest BCUT2D eigenvalue weighted by atomic mass is 10.1. The highest BCUT2D eigenvalue weighted by Gasteiger charge is 2.30. The summed E-state index contributed by atoms with van der Waals surface area (Å²) < 4.78 is 16.1. The predicted molar refractivity (Wildman–Crippen MR) is 85.3 cm³/mol. The molecular formula is C13H14N2O4S2. The number of hydrogen-bond donors (Lipinski definition) is 1. The van der Waals surface area contributed by atoms with Crippen LogP contribution in [0.3, 0.4) is 0 Å². The number of methoxy groups -OCH3 is 3. The molecule has 1 fully saturated rings. The Morgan fingerprint density at radius 1 is 1.14 bits per heavy atom. The summed E-state index contributed by atoms with van der Waals surface area (Å²) in [6.07, 6.45) is 1.66. The van der Waals surface area contributed by atoms with E-state index in [1.165, 1.54) is 21.3 Å². The van der Waals surface area contributed by atoms with Crippen molar-refractivity contribution in [2.45, 2.75) is 0 Å². The van der Waals surface area contributed by atoms with Crippen molar-refractivity contribution in [3.05, 3.63) is 22.6 Å². The molecular weight excluding hydrogens is 312 g/mol. The van der Waals surface area contributed by atoms with E-state index in [4.69, 9.17) is 32.3 Å². The highest BCUT2D eigenvalue weighted by atomic mass is 32.2. The van der Waals surface area contributed by atoms with Gasteiger partial charge in [0, 0.05) is 11.6 Å². The van der Waals surface area contributed by atoms with Crippen LogP contribution in [0.4, 0.5) is 0 Å². The maximum Gasteiger partial charge on any atom is 0.280 e. The molecule has 1 aromatic carbocycles. The molecule has 6 nitrogen and oxygen atoms in total. The Morgan fingerprint density at radius 3 is 2.19 bits per heavy atom. The molecule has 2 rings (SSSR count). The van der Waals surface area contributed by atoms with E-state index >= 15 is 0 Å². The van der Waals surface area contributed by atoms with Gasteiger partial charge in [0.15, 0.2) is 15.8 Å². The van der Waals surface area contributed by atoms with Gasteiger partial charge in [0.05, 0.1) is 26.2 Å². The van der Waals surface area contributed by atoms with Crippen LogP contribution < -0.4 is 20.1 Å². The standard InChI is InChI=1S/C13H14N2O4S2/c1-17-8-6-10(19-3)9(18-2)4-7(8)5-11-12(16)15(14)13(20)21-11/h4-6H,14H2,1-3H3/b11-5+. The van der Waals surface area contributed by atoms with Gasteiger partial charge in [0.1, 0.15) is 5.75 Å². The van der Waals surface area contributed by atoms with E-state index < -0.39 is 0 Å². The zero-order valence-electron chi connectivity index (χ0n) is 11.7. The van der Waals surface area contributed by atoms with E-state index in [1.54, 1.807) is 18.2 Å². The molecule has 1 aromatic rings. The number of thioether (sulfide) groups is 1. The Morgan fingerprint density at radius 2 is 1.71 bits per heavy atom. The van der Waals surface area contributed by atoms with E-state index in [9.17, 15) is 4.79 Å². The van der Waals surface area contributed by atoms with E-state index in [-0.39, 0.29) is 5.91 Å². The largest absolute Gasteiger partial charge is 0.496 e. The lowest BCUT2D eigenvalue weighted by Crippen LogP contribution is -2.34. The summed E-state index contributed by atoms with van der Waals surface area (Å²) in [5.74, 6) is 6.82. The Labute approximate surface area is 131 Å². The molecule has 0 radical (unpaired) electrons. The zero-order valence-corrected chi connectivity index (χ0v) is 13.3. The second kappa shape index (κ2) is 6.33. The molecule has 0 saturated carbocycles. The van der Waals surface area contributed by atoms with Crippen LogP contribution in [0.1, 0.15) is 5.56 Å². The minimum atomic E-state index is -0.346. The second-order valence-electron chi connectivity index (χ2n) is 4.00.